The molecule has 3 nitrogen and oxygen atoms in total. The van der Waals surface area contributed by atoms with Crippen molar-refractivity contribution in [1.29, 1.82) is 0 Å². The summed E-state index contributed by atoms with van der Waals surface area (Å²) in [6.45, 7) is 1.51. The lowest BCUT2D eigenvalue weighted by molar-refractivity contribution is 0.215. The van der Waals surface area contributed by atoms with E-state index in [1.54, 1.807) is 0 Å². The van der Waals surface area contributed by atoms with Crippen LogP contribution in [0.25, 0.3) is 10.9 Å². The first-order valence-corrected chi connectivity index (χ1v) is 7.51. The number of likely N-dealkylation sites (N-methyl/N-ethyl adjacent to an activating group) is 1. The Morgan fingerprint density at radius 3 is 2.85 bits per heavy atom. The molecule has 3 rings (SSSR count). The predicted octanol–water partition coefficient (Wildman–Crippen LogP) is 3.06. The Bertz CT molecular complexity index is 610. The molecule has 2 N–H and O–H groups in total. The van der Waals surface area contributed by atoms with Crippen molar-refractivity contribution in [3.63, 3.8) is 0 Å². The molecule has 0 spiro atoms. The average Bonchev–Trinajstić information content (AvgIpc) is 3.25. The molecule has 1 aliphatic rings. The van der Waals surface area contributed by atoms with Crippen LogP contribution in [0.5, 0.6) is 0 Å². The summed E-state index contributed by atoms with van der Waals surface area (Å²) in [4.78, 5) is 6.80. The van der Waals surface area contributed by atoms with E-state index >= 15 is 0 Å². The van der Waals surface area contributed by atoms with Gasteiger partial charge in [-0.3, -0.25) is 4.90 Å². The molecule has 1 aromatic carbocycles. The molecule has 0 bridgehead atoms. The van der Waals surface area contributed by atoms with Gasteiger partial charge in [-0.15, -0.1) is 0 Å². The quantitative estimate of drug-likeness (QED) is 0.860. The van der Waals surface area contributed by atoms with Crippen molar-refractivity contribution >= 4 is 22.5 Å². The van der Waals surface area contributed by atoms with Crippen molar-refractivity contribution in [2.75, 3.05) is 13.6 Å². The second-order valence-corrected chi connectivity index (χ2v) is 6.04. The Morgan fingerprint density at radius 2 is 2.15 bits per heavy atom. The summed E-state index contributed by atoms with van der Waals surface area (Å²) in [6, 6.07) is 10.7. The van der Waals surface area contributed by atoms with E-state index in [-0.39, 0.29) is 0 Å². The van der Waals surface area contributed by atoms with Gasteiger partial charge in [-0.05, 0) is 37.9 Å². The van der Waals surface area contributed by atoms with E-state index in [0.717, 1.165) is 28.9 Å². The normalized spacial score (nSPS) is 16.8. The maximum Gasteiger partial charge on any atom is 0.134 e. The van der Waals surface area contributed by atoms with Crippen molar-refractivity contribution in [2.45, 2.75) is 25.4 Å². The Balaban J connectivity index is 1.84. The van der Waals surface area contributed by atoms with Crippen LogP contribution >= 0.6 is 11.6 Å². The van der Waals surface area contributed by atoms with Gasteiger partial charge in [-0.2, -0.15) is 0 Å². The number of fused-ring (bicyclic) bond motifs is 1. The predicted molar refractivity (Wildman–Crippen MR) is 83.8 cm³/mol. The molecule has 1 fully saturated rings. The minimum absolute atomic E-state index is 0.456. The SMILES string of the molecule is CN(Cc1cc2ccccc2nc1Cl)C(CN)C1CC1. The summed E-state index contributed by atoms with van der Waals surface area (Å²) in [6.07, 6.45) is 2.60. The zero-order valence-corrected chi connectivity index (χ0v) is 12.5. The zero-order valence-electron chi connectivity index (χ0n) is 11.7. The first kappa shape index (κ1) is 13.8. The summed E-state index contributed by atoms with van der Waals surface area (Å²) in [5.41, 5.74) is 7.93. The topological polar surface area (TPSA) is 42.2 Å². The number of rotatable bonds is 5. The number of nitrogens with two attached hydrogens (primary N) is 1. The lowest BCUT2D eigenvalue weighted by Crippen LogP contribution is -2.39. The number of hydrogen-bond donors (Lipinski definition) is 1. The van der Waals surface area contributed by atoms with Gasteiger partial charge >= 0.3 is 0 Å². The molecule has 0 amide bonds. The van der Waals surface area contributed by atoms with Crippen LogP contribution in [0.4, 0.5) is 0 Å². The van der Waals surface area contributed by atoms with Crippen molar-refractivity contribution in [3.05, 3.63) is 41.0 Å². The van der Waals surface area contributed by atoms with E-state index in [4.69, 9.17) is 17.3 Å². The van der Waals surface area contributed by atoms with Crippen molar-refractivity contribution in [2.24, 2.45) is 11.7 Å². The second kappa shape index (κ2) is 5.68. The summed E-state index contributed by atoms with van der Waals surface area (Å²) >= 11 is 6.32. The molecule has 20 heavy (non-hydrogen) atoms. The molecule has 1 heterocycles. The number of halogens is 1. The highest BCUT2D eigenvalue weighted by Crippen LogP contribution is 2.35. The maximum absolute atomic E-state index is 6.32. The van der Waals surface area contributed by atoms with Gasteiger partial charge in [-0.25, -0.2) is 4.98 Å². The molecule has 1 atom stereocenters. The van der Waals surface area contributed by atoms with Gasteiger partial charge in [0.15, 0.2) is 0 Å². The highest BCUT2D eigenvalue weighted by atomic mass is 35.5. The van der Waals surface area contributed by atoms with Gasteiger partial charge in [-0.1, -0.05) is 29.8 Å². The number of aromatic nitrogens is 1. The number of benzene rings is 1. The number of nitrogens with zero attached hydrogens (tertiary/aromatic N) is 2. The molecule has 4 heteroatoms. The summed E-state index contributed by atoms with van der Waals surface area (Å²) in [7, 11) is 2.13. The van der Waals surface area contributed by atoms with Gasteiger partial charge in [0.1, 0.15) is 5.15 Å². The monoisotopic (exact) mass is 289 g/mol. The van der Waals surface area contributed by atoms with Crippen LogP contribution < -0.4 is 5.73 Å². The van der Waals surface area contributed by atoms with Crippen molar-refractivity contribution in [3.8, 4) is 0 Å². The van der Waals surface area contributed by atoms with Crippen LogP contribution in [-0.2, 0) is 6.54 Å². The second-order valence-electron chi connectivity index (χ2n) is 5.69. The van der Waals surface area contributed by atoms with Crippen molar-refractivity contribution < 1.29 is 0 Å². The third-order valence-electron chi connectivity index (χ3n) is 4.14. The molecule has 0 saturated heterocycles. The van der Waals surface area contributed by atoms with Crippen LogP contribution in [0, 0.1) is 5.92 Å². The lowest BCUT2D eigenvalue weighted by atomic mass is 10.1. The van der Waals surface area contributed by atoms with Crippen LogP contribution in [-0.4, -0.2) is 29.5 Å². The fourth-order valence-electron chi connectivity index (χ4n) is 2.85. The molecular weight excluding hydrogens is 270 g/mol. The molecule has 1 aliphatic carbocycles. The summed E-state index contributed by atoms with van der Waals surface area (Å²) in [5.74, 6) is 0.761. The van der Waals surface area contributed by atoms with E-state index in [9.17, 15) is 0 Å². The smallest absolute Gasteiger partial charge is 0.134 e. The molecule has 0 aliphatic heterocycles. The fraction of sp³-hybridized carbons (Fsp3) is 0.438. The third-order valence-corrected chi connectivity index (χ3v) is 4.47. The van der Waals surface area contributed by atoms with E-state index in [2.05, 4.69) is 29.1 Å². The Morgan fingerprint density at radius 1 is 1.40 bits per heavy atom. The standard InChI is InChI=1S/C16H20ClN3/c1-20(15(9-18)11-6-7-11)10-13-8-12-4-2-3-5-14(12)19-16(13)17/h2-5,8,11,15H,6-7,9-10,18H2,1H3. The molecule has 2 aromatic rings. The average molecular weight is 290 g/mol. The lowest BCUT2D eigenvalue weighted by Gasteiger charge is -2.27. The van der Waals surface area contributed by atoms with Crippen LogP contribution in [0.1, 0.15) is 18.4 Å². The largest absolute Gasteiger partial charge is 0.329 e. The van der Waals surface area contributed by atoms with Gasteiger partial charge in [0, 0.05) is 30.1 Å². The Kier molecular flexibility index (Phi) is 3.92. The number of hydrogen-bond acceptors (Lipinski definition) is 3. The van der Waals surface area contributed by atoms with E-state index in [1.807, 2.05) is 18.2 Å². The van der Waals surface area contributed by atoms with Crippen LogP contribution in [0.3, 0.4) is 0 Å². The molecule has 1 unspecified atom stereocenters. The molecule has 106 valence electrons. The van der Waals surface area contributed by atoms with E-state index in [0.29, 0.717) is 17.7 Å². The minimum Gasteiger partial charge on any atom is -0.329 e. The molecule has 0 radical (unpaired) electrons. The van der Waals surface area contributed by atoms with Crippen molar-refractivity contribution in [1.82, 2.24) is 9.88 Å². The Labute approximate surface area is 124 Å². The van der Waals surface area contributed by atoms with E-state index in [1.165, 1.54) is 12.8 Å². The number of para-hydroxylation sites is 1. The molecule has 1 saturated carbocycles. The summed E-state index contributed by atoms with van der Waals surface area (Å²) in [5, 5.41) is 1.73. The highest BCUT2D eigenvalue weighted by molar-refractivity contribution is 6.30. The fourth-order valence-corrected chi connectivity index (χ4v) is 3.05. The van der Waals surface area contributed by atoms with Gasteiger partial charge in [0.05, 0.1) is 5.52 Å². The van der Waals surface area contributed by atoms with E-state index < -0.39 is 0 Å². The van der Waals surface area contributed by atoms with Gasteiger partial charge < -0.3 is 5.73 Å². The third kappa shape index (κ3) is 2.80. The van der Waals surface area contributed by atoms with Gasteiger partial charge in [0.25, 0.3) is 0 Å². The van der Waals surface area contributed by atoms with Crippen LogP contribution in [0.2, 0.25) is 5.15 Å². The maximum atomic E-state index is 6.32. The highest BCUT2D eigenvalue weighted by Gasteiger charge is 2.32. The number of pyridine rings is 1. The molecular formula is C16H20ClN3. The van der Waals surface area contributed by atoms with Gasteiger partial charge in [0.2, 0.25) is 0 Å². The molecule has 1 aromatic heterocycles. The summed E-state index contributed by atoms with van der Waals surface area (Å²) < 4.78 is 0. The first-order chi connectivity index (χ1) is 9.69. The minimum atomic E-state index is 0.456. The zero-order chi connectivity index (χ0) is 14.1. The van der Waals surface area contributed by atoms with Crippen LogP contribution in [0.15, 0.2) is 30.3 Å². The first-order valence-electron chi connectivity index (χ1n) is 7.13. The Hall–Kier alpha value is -1.16.